The third kappa shape index (κ3) is 5.66. The van der Waals surface area contributed by atoms with Crippen LogP contribution in [0, 0.1) is 0 Å². The summed E-state index contributed by atoms with van der Waals surface area (Å²) >= 11 is 0. The van der Waals surface area contributed by atoms with Crippen molar-refractivity contribution < 1.29 is 5.11 Å². The Bertz CT molecular complexity index is 464. The number of nitrogens with zero attached hydrogens (tertiary/aromatic N) is 2. The van der Waals surface area contributed by atoms with Crippen LogP contribution < -0.4 is 11.1 Å². The van der Waals surface area contributed by atoms with Crippen LogP contribution in [0.25, 0.3) is 0 Å². The lowest BCUT2D eigenvalue weighted by molar-refractivity contribution is 0.0824. The van der Waals surface area contributed by atoms with Crippen LogP contribution in [0.15, 0.2) is 29.3 Å². The highest BCUT2D eigenvalue weighted by Crippen LogP contribution is 2.10. The number of benzene rings is 1. The first-order valence-corrected chi connectivity index (χ1v) is 8.23. The van der Waals surface area contributed by atoms with Gasteiger partial charge in [-0.2, -0.15) is 0 Å². The van der Waals surface area contributed by atoms with Gasteiger partial charge in [-0.25, -0.2) is 0 Å². The van der Waals surface area contributed by atoms with Gasteiger partial charge in [0.15, 0.2) is 5.96 Å². The molecule has 0 aromatic heterocycles. The topological polar surface area (TPSA) is 73.9 Å². The number of aliphatic hydroxyl groups is 1. The zero-order valence-corrected chi connectivity index (χ0v) is 13.5. The number of likely N-dealkylation sites (tertiary alicyclic amines) is 1. The summed E-state index contributed by atoms with van der Waals surface area (Å²) in [4.78, 5) is 6.75. The first-order chi connectivity index (χ1) is 10.7. The Morgan fingerprint density at radius 1 is 1.32 bits per heavy atom. The minimum absolute atomic E-state index is 0.104. The van der Waals surface area contributed by atoms with E-state index in [4.69, 9.17) is 5.73 Å². The molecule has 0 bridgehead atoms. The zero-order chi connectivity index (χ0) is 15.8. The molecule has 1 heterocycles. The van der Waals surface area contributed by atoms with Crippen LogP contribution in [0.4, 0.5) is 5.69 Å². The molecule has 1 fully saturated rings. The van der Waals surface area contributed by atoms with Gasteiger partial charge in [-0.05, 0) is 49.9 Å². The fourth-order valence-electron chi connectivity index (χ4n) is 2.65. The summed E-state index contributed by atoms with van der Waals surface area (Å²) in [6.45, 7) is 5.87. The molecule has 1 saturated heterocycles. The molecule has 0 radical (unpaired) electrons. The van der Waals surface area contributed by atoms with E-state index in [1.54, 1.807) is 0 Å². The summed E-state index contributed by atoms with van der Waals surface area (Å²) in [5.41, 5.74) is 8.19. The Kier molecular flexibility index (Phi) is 6.68. The average molecular weight is 304 g/mol. The summed E-state index contributed by atoms with van der Waals surface area (Å²) < 4.78 is 0. The number of hydrogen-bond donors (Lipinski definition) is 3. The van der Waals surface area contributed by atoms with Crippen LogP contribution in [0.1, 0.15) is 31.7 Å². The van der Waals surface area contributed by atoms with Crippen molar-refractivity contribution in [3.05, 3.63) is 29.8 Å². The van der Waals surface area contributed by atoms with E-state index in [9.17, 15) is 5.11 Å². The van der Waals surface area contributed by atoms with E-state index in [1.807, 2.05) is 12.1 Å². The van der Waals surface area contributed by atoms with Crippen LogP contribution in [0.2, 0.25) is 0 Å². The summed E-state index contributed by atoms with van der Waals surface area (Å²) in [5, 5.41) is 12.6. The molecule has 0 aliphatic carbocycles. The Hall–Kier alpha value is -1.59. The van der Waals surface area contributed by atoms with Crippen molar-refractivity contribution in [2.24, 2.45) is 10.7 Å². The zero-order valence-electron chi connectivity index (χ0n) is 13.5. The lowest BCUT2D eigenvalue weighted by Gasteiger charge is -2.29. The molecule has 0 atom stereocenters. The number of aliphatic imine (C=N–C) groups is 1. The van der Waals surface area contributed by atoms with Crippen LogP contribution in [0.3, 0.4) is 0 Å². The van der Waals surface area contributed by atoms with Gasteiger partial charge < -0.3 is 21.1 Å². The number of nitrogens with two attached hydrogens (primary N) is 1. The van der Waals surface area contributed by atoms with Gasteiger partial charge in [-0.15, -0.1) is 0 Å². The highest BCUT2D eigenvalue weighted by atomic mass is 16.3. The van der Waals surface area contributed by atoms with Gasteiger partial charge in [0.2, 0.25) is 0 Å². The van der Waals surface area contributed by atoms with E-state index in [0.717, 1.165) is 57.5 Å². The normalized spacial score (nSPS) is 17.6. The predicted molar refractivity (Wildman–Crippen MR) is 92.2 cm³/mol. The molecule has 1 aliphatic rings. The summed E-state index contributed by atoms with van der Waals surface area (Å²) in [5.74, 6) is 0.471. The van der Waals surface area contributed by atoms with Crippen molar-refractivity contribution in [2.75, 3.05) is 31.5 Å². The smallest absolute Gasteiger partial charge is 0.193 e. The molecule has 0 amide bonds. The lowest BCUT2D eigenvalue weighted by atomic mass is 10.1. The van der Waals surface area contributed by atoms with E-state index < -0.39 is 0 Å². The summed E-state index contributed by atoms with van der Waals surface area (Å²) in [6, 6.07) is 8.25. The third-order valence-corrected chi connectivity index (χ3v) is 4.11. The van der Waals surface area contributed by atoms with E-state index in [1.165, 1.54) is 5.56 Å². The monoisotopic (exact) mass is 304 g/mol. The Morgan fingerprint density at radius 2 is 2.00 bits per heavy atom. The Balaban J connectivity index is 1.66. The van der Waals surface area contributed by atoms with Crippen molar-refractivity contribution in [3.8, 4) is 0 Å². The molecular weight excluding hydrogens is 276 g/mol. The third-order valence-electron chi connectivity index (χ3n) is 4.11. The fourth-order valence-corrected chi connectivity index (χ4v) is 2.65. The molecule has 5 heteroatoms. The Morgan fingerprint density at radius 3 is 2.64 bits per heavy atom. The number of piperidine rings is 1. The van der Waals surface area contributed by atoms with Gasteiger partial charge in [0.25, 0.3) is 0 Å². The van der Waals surface area contributed by atoms with E-state index in [2.05, 4.69) is 34.3 Å². The number of aryl methyl sites for hydroxylation is 1. The number of aliphatic hydroxyl groups excluding tert-OH is 1. The molecule has 0 spiro atoms. The van der Waals surface area contributed by atoms with Crippen molar-refractivity contribution in [3.63, 3.8) is 0 Å². The molecule has 0 unspecified atom stereocenters. The SMILES string of the molecule is CCc1ccc(NC(N)=NCCCN2CCC(O)CC2)cc1. The van der Waals surface area contributed by atoms with Crippen molar-refractivity contribution in [1.82, 2.24) is 4.90 Å². The first kappa shape index (κ1) is 16.8. The quantitative estimate of drug-likeness (QED) is 0.426. The predicted octanol–water partition coefficient (Wildman–Crippen LogP) is 1.82. The average Bonchev–Trinajstić information content (AvgIpc) is 2.54. The van der Waals surface area contributed by atoms with Crippen LogP contribution in [-0.2, 0) is 6.42 Å². The number of anilines is 1. The molecule has 22 heavy (non-hydrogen) atoms. The van der Waals surface area contributed by atoms with Gasteiger partial charge in [0.1, 0.15) is 0 Å². The minimum Gasteiger partial charge on any atom is -0.393 e. The first-order valence-electron chi connectivity index (χ1n) is 8.23. The second-order valence-electron chi connectivity index (χ2n) is 5.87. The number of rotatable bonds is 6. The van der Waals surface area contributed by atoms with E-state index >= 15 is 0 Å². The molecule has 1 aromatic rings. The maximum absolute atomic E-state index is 9.47. The molecule has 2 rings (SSSR count). The van der Waals surface area contributed by atoms with Gasteiger partial charge >= 0.3 is 0 Å². The summed E-state index contributed by atoms with van der Waals surface area (Å²) in [6.07, 6.45) is 3.71. The number of guanidine groups is 1. The van der Waals surface area contributed by atoms with Crippen molar-refractivity contribution in [2.45, 2.75) is 38.7 Å². The summed E-state index contributed by atoms with van der Waals surface area (Å²) in [7, 11) is 0. The molecule has 4 N–H and O–H groups in total. The number of hydrogen-bond acceptors (Lipinski definition) is 3. The standard InChI is InChI=1S/C17H28N4O/c1-2-14-4-6-15(7-5-14)20-17(18)19-10-3-11-21-12-8-16(22)9-13-21/h4-7,16,22H,2-3,8-13H2,1H3,(H3,18,19,20). The van der Waals surface area contributed by atoms with Gasteiger partial charge in [-0.1, -0.05) is 19.1 Å². The maximum Gasteiger partial charge on any atom is 0.193 e. The van der Waals surface area contributed by atoms with Gasteiger partial charge in [-0.3, -0.25) is 4.99 Å². The molecule has 1 aliphatic heterocycles. The molecule has 1 aromatic carbocycles. The maximum atomic E-state index is 9.47. The van der Waals surface area contributed by atoms with Crippen molar-refractivity contribution in [1.29, 1.82) is 0 Å². The highest BCUT2D eigenvalue weighted by molar-refractivity contribution is 5.92. The highest BCUT2D eigenvalue weighted by Gasteiger charge is 2.15. The van der Waals surface area contributed by atoms with E-state index in [-0.39, 0.29) is 6.10 Å². The molecule has 122 valence electrons. The Labute approximate surface area is 133 Å². The molecule has 0 saturated carbocycles. The minimum atomic E-state index is -0.104. The number of nitrogens with one attached hydrogen (secondary N) is 1. The molecule has 5 nitrogen and oxygen atoms in total. The van der Waals surface area contributed by atoms with Gasteiger partial charge in [0, 0.05) is 25.3 Å². The van der Waals surface area contributed by atoms with Crippen LogP contribution in [0.5, 0.6) is 0 Å². The van der Waals surface area contributed by atoms with E-state index in [0.29, 0.717) is 5.96 Å². The van der Waals surface area contributed by atoms with Crippen molar-refractivity contribution >= 4 is 11.6 Å². The second-order valence-corrected chi connectivity index (χ2v) is 5.87. The second kappa shape index (κ2) is 8.76. The van der Waals surface area contributed by atoms with Crippen LogP contribution >= 0.6 is 0 Å². The lowest BCUT2D eigenvalue weighted by Crippen LogP contribution is -2.36. The largest absolute Gasteiger partial charge is 0.393 e. The van der Waals surface area contributed by atoms with Gasteiger partial charge in [0.05, 0.1) is 6.10 Å². The fraction of sp³-hybridized carbons (Fsp3) is 0.588. The molecular formula is C17H28N4O. The van der Waals surface area contributed by atoms with Crippen LogP contribution in [-0.4, -0.2) is 48.2 Å².